The van der Waals surface area contributed by atoms with Gasteiger partial charge >= 0.3 is 0 Å². The molecule has 28 heavy (non-hydrogen) atoms. The highest BCUT2D eigenvalue weighted by Gasteiger charge is 2.29. The zero-order valence-electron chi connectivity index (χ0n) is 15.4. The highest BCUT2D eigenvalue weighted by atomic mass is 32.2. The van der Waals surface area contributed by atoms with Crippen molar-refractivity contribution in [3.63, 3.8) is 0 Å². The first kappa shape index (κ1) is 19.0. The molecule has 0 radical (unpaired) electrons. The Hall–Kier alpha value is -2.38. The van der Waals surface area contributed by atoms with Crippen LogP contribution in [0.3, 0.4) is 0 Å². The van der Waals surface area contributed by atoms with Crippen LogP contribution in [0.25, 0.3) is 10.9 Å². The van der Waals surface area contributed by atoms with E-state index in [9.17, 15) is 9.59 Å². The molecule has 2 aromatic heterocycles. The van der Waals surface area contributed by atoms with Crippen molar-refractivity contribution in [3.8, 4) is 0 Å². The fourth-order valence-corrected chi connectivity index (χ4v) is 4.79. The second kappa shape index (κ2) is 8.32. The van der Waals surface area contributed by atoms with Gasteiger partial charge in [0.05, 0.1) is 23.2 Å². The summed E-state index contributed by atoms with van der Waals surface area (Å²) in [6.45, 7) is 4.84. The average molecular weight is 412 g/mol. The third-order valence-corrected chi connectivity index (χ3v) is 6.44. The average Bonchev–Trinajstić information content (AvgIpc) is 3.40. The summed E-state index contributed by atoms with van der Waals surface area (Å²) in [6, 6.07) is 11.6. The van der Waals surface area contributed by atoms with E-state index in [2.05, 4.69) is 11.6 Å². The lowest BCUT2D eigenvalue weighted by Crippen LogP contribution is -2.32. The molecule has 0 atom stereocenters. The maximum Gasteiger partial charge on any atom is 0.262 e. The van der Waals surface area contributed by atoms with Crippen molar-refractivity contribution in [3.05, 3.63) is 69.7 Å². The number of amides is 1. The normalized spacial score (nSPS) is 13.6. The third kappa shape index (κ3) is 4.05. The van der Waals surface area contributed by atoms with Crippen LogP contribution in [0.1, 0.15) is 23.8 Å². The van der Waals surface area contributed by atoms with Gasteiger partial charge in [0.15, 0.2) is 5.16 Å². The molecule has 3 aromatic rings. The Morgan fingerprint density at radius 1 is 1.32 bits per heavy atom. The Morgan fingerprint density at radius 3 is 2.86 bits per heavy atom. The number of fused-ring (bicyclic) bond motifs is 1. The van der Waals surface area contributed by atoms with E-state index in [1.807, 2.05) is 41.8 Å². The molecule has 1 fully saturated rings. The number of benzene rings is 1. The van der Waals surface area contributed by atoms with Gasteiger partial charge in [-0.2, -0.15) is 0 Å². The minimum absolute atomic E-state index is 0.00965. The molecular weight excluding hydrogens is 390 g/mol. The first-order chi connectivity index (χ1) is 13.7. The van der Waals surface area contributed by atoms with Gasteiger partial charge in [-0.15, -0.1) is 17.9 Å². The summed E-state index contributed by atoms with van der Waals surface area (Å²) in [5.74, 6) is 0.263. The Morgan fingerprint density at radius 2 is 2.14 bits per heavy atom. The lowest BCUT2D eigenvalue weighted by molar-refractivity contribution is -0.128. The van der Waals surface area contributed by atoms with Gasteiger partial charge < -0.3 is 4.90 Å². The second-order valence-electron chi connectivity index (χ2n) is 6.75. The standard InChI is InChI=1S/C21H21N3O2S2/c1-2-11-23(13-16-6-5-12-27-16)19(25)14-28-21-22-18-8-4-3-7-17(18)20(26)24(21)15-9-10-15/h2-8,12,15H,1,9-11,13-14H2. The zero-order valence-corrected chi connectivity index (χ0v) is 17.0. The van der Waals surface area contributed by atoms with E-state index >= 15 is 0 Å². The molecule has 5 nitrogen and oxygen atoms in total. The molecular formula is C21H21N3O2S2. The van der Waals surface area contributed by atoms with Crippen LogP contribution in [-0.2, 0) is 11.3 Å². The van der Waals surface area contributed by atoms with E-state index < -0.39 is 0 Å². The summed E-state index contributed by atoms with van der Waals surface area (Å²) in [4.78, 5) is 33.4. The van der Waals surface area contributed by atoms with Crippen LogP contribution in [0.5, 0.6) is 0 Å². The van der Waals surface area contributed by atoms with E-state index in [-0.39, 0.29) is 23.3 Å². The number of hydrogen-bond donors (Lipinski definition) is 0. The van der Waals surface area contributed by atoms with Crippen molar-refractivity contribution in [2.24, 2.45) is 0 Å². The molecule has 0 aliphatic heterocycles. The van der Waals surface area contributed by atoms with Gasteiger partial charge in [0, 0.05) is 17.5 Å². The van der Waals surface area contributed by atoms with Gasteiger partial charge in [0.2, 0.25) is 5.91 Å². The number of nitrogens with zero attached hydrogens (tertiary/aromatic N) is 3. The summed E-state index contributed by atoms with van der Waals surface area (Å²) in [5, 5.41) is 3.28. The highest BCUT2D eigenvalue weighted by molar-refractivity contribution is 7.99. The second-order valence-corrected chi connectivity index (χ2v) is 8.72. The number of thiophene rings is 1. The van der Waals surface area contributed by atoms with Crippen molar-refractivity contribution < 1.29 is 4.79 Å². The molecule has 1 aromatic carbocycles. The minimum atomic E-state index is -0.00965. The Labute approximate surface area is 171 Å². The molecule has 1 aliphatic rings. The van der Waals surface area contributed by atoms with Crippen LogP contribution >= 0.6 is 23.1 Å². The van der Waals surface area contributed by atoms with Crippen LogP contribution in [-0.4, -0.2) is 32.7 Å². The van der Waals surface area contributed by atoms with Gasteiger partial charge in [0.1, 0.15) is 0 Å². The quantitative estimate of drug-likeness (QED) is 0.318. The number of carbonyl (C=O) groups excluding carboxylic acids is 1. The molecule has 2 heterocycles. The van der Waals surface area contributed by atoms with Gasteiger partial charge in [-0.25, -0.2) is 4.98 Å². The molecule has 0 N–H and O–H groups in total. The smallest absolute Gasteiger partial charge is 0.262 e. The fraction of sp³-hybridized carbons (Fsp3) is 0.286. The molecule has 1 aliphatic carbocycles. The van der Waals surface area contributed by atoms with Crippen LogP contribution in [0, 0.1) is 0 Å². The monoisotopic (exact) mass is 411 g/mol. The van der Waals surface area contributed by atoms with Crippen LogP contribution in [0.4, 0.5) is 0 Å². The first-order valence-corrected chi connectivity index (χ1v) is 11.1. The maximum atomic E-state index is 12.9. The van der Waals surface area contributed by atoms with Crippen LogP contribution < -0.4 is 5.56 Å². The largest absolute Gasteiger partial charge is 0.333 e. The van der Waals surface area contributed by atoms with E-state index in [1.54, 1.807) is 26.9 Å². The Balaban J connectivity index is 1.55. The van der Waals surface area contributed by atoms with Crippen molar-refractivity contribution in [1.82, 2.24) is 14.5 Å². The Kier molecular flexibility index (Phi) is 5.64. The van der Waals surface area contributed by atoms with Crippen molar-refractivity contribution >= 4 is 39.9 Å². The molecule has 7 heteroatoms. The topological polar surface area (TPSA) is 55.2 Å². The van der Waals surface area contributed by atoms with E-state index in [0.29, 0.717) is 29.1 Å². The molecule has 1 saturated carbocycles. The van der Waals surface area contributed by atoms with Gasteiger partial charge in [-0.05, 0) is 36.4 Å². The van der Waals surface area contributed by atoms with Gasteiger partial charge in [-0.1, -0.05) is 36.0 Å². The molecule has 0 bridgehead atoms. The SMILES string of the molecule is C=CCN(Cc1cccs1)C(=O)CSc1nc2ccccc2c(=O)n1C1CC1. The van der Waals surface area contributed by atoms with Gasteiger partial charge in [-0.3, -0.25) is 14.2 Å². The van der Waals surface area contributed by atoms with Crippen molar-refractivity contribution in [1.29, 1.82) is 0 Å². The summed E-state index contributed by atoms with van der Waals surface area (Å²) < 4.78 is 1.78. The van der Waals surface area contributed by atoms with Crippen LogP contribution in [0.15, 0.2) is 64.4 Å². The van der Waals surface area contributed by atoms with E-state index in [0.717, 1.165) is 17.7 Å². The third-order valence-electron chi connectivity index (χ3n) is 4.64. The summed E-state index contributed by atoms with van der Waals surface area (Å²) in [7, 11) is 0. The molecule has 1 amide bonds. The molecule has 4 rings (SSSR count). The molecule has 144 valence electrons. The highest BCUT2D eigenvalue weighted by Crippen LogP contribution is 2.36. The summed E-state index contributed by atoms with van der Waals surface area (Å²) in [6.07, 6.45) is 3.72. The lowest BCUT2D eigenvalue weighted by Gasteiger charge is -2.20. The molecule has 0 saturated heterocycles. The van der Waals surface area contributed by atoms with Crippen molar-refractivity contribution in [2.45, 2.75) is 30.6 Å². The zero-order chi connectivity index (χ0) is 19.5. The van der Waals surface area contributed by atoms with Crippen molar-refractivity contribution in [2.75, 3.05) is 12.3 Å². The molecule has 0 unspecified atom stereocenters. The number of thioether (sulfide) groups is 1. The summed E-state index contributed by atoms with van der Waals surface area (Å²) in [5.41, 5.74) is 0.672. The minimum Gasteiger partial charge on any atom is -0.333 e. The number of rotatable bonds is 8. The molecule has 0 spiro atoms. The number of aromatic nitrogens is 2. The van der Waals surface area contributed by atoms with Crippen LogP contribution in [0.2, 0.25) is 0 Å². The number of para-hydroxylation sites is 1. The fourth-order valence-electron chi connectivity index (χ4n) is 3.10. The van der Waals surface area contributed by atoms with Gasteiger partial charge in [0.25, 0.3) is 5.56 Å². The van der Waals surface area contributed by atoms with E-state index in [1.165, 1.54) is 11.8 Å². The number of hydrogen-bond acceptors (Lipinski definition) is 5. The maximum absolute atomic E-state index is 12.9. The number of carbonyl (C=O) groups is 1. The Bertz CT molecular complexity index is 1060. The lowest BCUT2D eigenvalue weighted by atomic mass is 10.2. The first-order valence-electron chi connectivity index (χ1n) is 9.22. The predicted octanol–water partition coefficient (Wildman–Crippen LogP) is 4.10. The predicted molar refractivity (Wildman–Crippen MR) is 115 cm³/mol. The van der Waals surface area contributed by atoms with E-state index in [4.69, 9.17) is 0 Å². The summed E-state index contributed by atoms with van der Waals surface area (Å²) >= 11 is 2.98.